The van der Waals surface area contributed by atoms with Gasteiger partial charge in [0.15, 0.2) is 0 Å². The van der Waals surface area contributed by atoms with Crippen LogP contribution in [0.25, 0.3) is 5.69 Å². The molecule has 7 nitrogen and oxygen atoms in total. The highest BCUT2D eigenvalue weighted by Crippen LogP contribution is 2.38. The SMILES string of the molecule is CN1C(=O)C(c2ccnn2-c2ccc(C#N)cc2)C(CBr)N(c2cccc(C(F)(F)F)c2)C1=O. The highest BCUT2D eigenvalue weighted by Gasteiger charge is 2.47. The number of nitrogens with zero attached hydrogens (tertiary/aromatic N) is 5. The van der Waals surface area contributed by atoms with Gasteiger partial charge in [0.2, 0.25) is 5.91 Å². The summed E-state index contributed by atoms with van der Waals surface area (Å²) in [5, 5.41) is 13.5. The lowest BCUT2D eigenvalue weighted by Gasteiger charge is -2.43. The summed E-state index contributed by atoms with van der Waals surface area (Å²) in [7, 11) is 1.30. The van der Waals surface area contributed by atoms with E-state index in [-0.39, 0.29) is 11.0 Å². The molecule has 1 aliphatic rings. The number of aromatic nitrogens is 2. The number of likely N-dealkylation sites (N-methyl/N-ethyl adjacent to an activating group) is 1. The van der Waals surface area contributed by atoms with Crippen molar-refractivity contribution in [1.29, 1.82) is 5.26 Å². The summed E-state index contributed by atoms with van der Waals surface area (Å²) < 4.78 is 41.5. The molecule has 2 aromatic carbocycles. The molecule has 174 valence electrons. The number of amides is 3. The van der Waals surface area contributed by atoms with Gasteiger partial charge in [-0.3, -0.25) is 14.6 Å². The van der Waals surface area contributed by atoms with Gasteiger partial charge in [-0.05, 0) is 48.5 Å². The van der Waals surface area contributed by atoms with Crippen LogP contribution in [0.1, 0.15) is 22.7 Å². The van der Waals surface area contributed by atoms with E-state index >= 15 is 0 Å². The molecule has 1 aromatic heterocycles. The molecular weight excluding hydrogens is 515 g/mol. The smallest absolute Gasteiger partial charge is 0.289 e. The second-order valence-electron chi connectivity index (χ2n) is 7.62. The topological polar surface area (TPSA) is 82.2 Å². The number of rotatable bonds is 4. The first-order chi connectivity index (χ1) is 16.2. The van der Waals surface area contributed by atoms with Crippen molar-refractivity contribution in [3.8, 4) is 11.8 Å². The van der Waals surface area contributed by atoms with Crippen LogP contribution < -0.4 is 4.90 Å². The molecule has 3 amide bonds. The number of urea groups is 1. The summed E-state index contributed by atoms with van der Waals surface area (Å²) in [6.07, 6.45) is -3.09. The first-order valence-corrected chi connectivity index (χ1v) is 11.2. The zero-order valence-electron chi connectivity index (χ0n) is 17.7. The number of halogens is 4. The van der Waals surface area contributed by atoms with E-state index in [9.17, 15) is 22.8 Å². The fourth-order valence-corrected chi connectivity index (χ4v) is 4.64. The van der Waals surface area contributed by atoms with Gasteiger partial charge < -0.3 is 0 Å². The monoisotopic (exact) mass is 531 g/mol. The number of carbonyl (C=O) groups is 2. The third kappa shape index (κ3) is 4.05. The summed E-state index contributed by atoms with van der Waals surface area (Å²) >= 11 is 3.35. The maximum atomic E-state index is 13.3. The Hall–Kier alpha value is -3.65. The van der Waals surface area contributed by atoms with Gasteiger partial charge in [-0.25, -0.2) is 9.48 Å². The number of hydrogen-bond acceptors (Lipinski definition) is 4. The average molecular weight is 532 g/mol. The summed E-state index contributed by atoms with van der Waals surface area (Å²) in [5.41, 5.74) is 0.620. The predicted molar refractivity (Wildman–Crippen MR) is 121 cm³/mol. The Kier molecular flexibility index (Phi) is 6.18. The van der Waals surface area contributed by atoms with Crippen LogP contribution in [-0.4, -0.2) is 45.0 Å². The second-order valence-corrected chi connectivity index (χ2v) is 8.27. The maximum absolute atomic E-state index is 13.3. The number of nitriles is 1. The van der Waals surface area contributed by atoms with Crippen molar-refractivity contribution in [3.05, 3.63) is 77.6 Å². The molecule has 1 aliphatic heterocycles. The maximum Gasteiger partial charge on any atom is 0.416 e. The Morgan fingerprint density at radius 3 is 2.41 bits per heavy atom. The van der Waals surface area contributed by atoms with E-state index in [1.807, 2.05) is 6.07 Å². The van der Waals surface area contributed by atoms with E-state index in [0.717, 1.165) is 17.0 Å². The van der Waals surface area contributed by atoms with Crippen LogP contribution in [0.2, 0.25) is 0 Å². The van der Waals surface area contributed by atoms with Crippen molar-refractivity contribution in [1.82, 2.24) is 14.7 Å². The summed E-state index contributed by atoms with van der Waals surface area (Å²) in [4.78, 5) is 28.5. The lowest BCUT2D eigenvalue weighted by atomic mass is 9.91. The molecule has 11 heteroatoms. The number of hydrogen-bond donors (Lipinski definition) is 0. The summed E-state index contributed by atoms with van der Waals surface area (Å²) in [6, 6.07) is 13.1. The second kappa shape index (κ2) is 8.95. The predicted octanol–water partition coefficient (Wildman–Crippen LogP) is 4.71. The molecule has 1 fully saturated rings. The number of imide groups is 1. The van der Waals surface area contributed by atoms with Crippen LogP contribution in [0.3, 0.4) is 0 Å². The fraction of sp³-hybridized carbons (Fsp3) is 0.217. The van der Waals surface area contributed by atoms with Crippen molar-refractivity contribution >= 4 is 33.6 Å². The van der Waals surface area contributed by atoms with Crippen molar-refractivity contribution in [2.45, 2.75) is 18.1 Å². The van der Waals surface area contributed by atoms with Crippen LogP contribution in [-0.2, 0) is 11.0 Å². The molecule has 2 heterocycles. The van der Waals surface area contributed by atoms with Gasteiger partial charge in [0.05, 0.1) is 34.6 Å². The highest BCUT2D eigenvalue weighted by molar-refractivity contribution is 9.09. The van der Waals surface area contributed by atoms with E-state index in [0.29, 0.717) is 16.9 Å². The van der Waals surface area contributed by atoms with Crippen molar-refractivity contribution < 1.29 is 22.8 Å². The molecule has 3 aromatic rings. The fourth-order valence-electron chi connectivity index (χ4n) is 3.98. The minimum atomic E-state index is -4.59. The van der Waals surface area contributed by atoms with Crippen LogP contribution in [0.4, 0.5) is 23.7 Å². The van der Waals surface area contributed by atoms with E-state index in [1.165, 1.54) is 35.0 Å². The number of anilines is 1. The number of alkyl halides is 4. The first kappa shape index (κ1) is 23.5. The molecule has 0 radical (unpaired) electrons. The quantitative estimate of drug-likeness (QED) is 0.456. The first-order valence-electron chi connectivity index (χ1n) is 10.1. The van der Waals surface area contributed by atoms with Crippen LogP contribution in [0.5, 0.6) is 0 Å². The molecular formula is C23H17BrF3N5O2. The molecule has 0 spiro atoms. The van der Waals surface area contributed by atoms with Crippen LogP contribution >= 0.6 is 15.9 Å². The minimum absolute atomic E-state index is 0.0260. The van der Waals surface area contributed by atoms with Crippen molar-refractivity contribution in [2.75, 3.05) is 17.3 Å². The zero-order valence-corrected chi connectivity index (χ0v) is 19.3. The number of benzene rings is 2. The third-order valence-corrected chi connectivity index (χ3v) is 6.31. The van der Waals surface area contributed by atoms with Crippen LogP contribution in [0.15, 0.2) is 60.8 Å². The van der Waals surface area contributed by atoms with Gasteiger partial charge in [0, 0.05) is 24.3 Å². The Balaban J connectivity index is 1.82. The Morgan fingerprint density at radius 1 is 1.09 bits per heavy atom. The van der Waals surface area contributed by atoms with Gasteiger partial charge in [-0.1, -0.05) is 22.0 Å². The standard InChI is InChI=1S/C23H17BrF3N5O2/c1-30-21(33)20(18-9-10-29-32(18)16-7-5-14(13-28)6-8-16)19(12-24)31(22(30)34)17-4-2-3-15(11-17)23(25,26)27/h2-11,19-20H,12H2,1H3. The Morgan fingerprint density at radius 2 is 1.79 bits per heavy atom. The summed E-state index contributed by atoms with van der Waals surface area (Å²) in [5.74, 6) is -1.43. The number of carbonyl (C=O) groups excluding carboxylic acids is 2. The van der Waals surface area contributed by atoms with Crippen LogP contribution in [0, 0.1) is 11.3 Å². The third-order valence-electron chi connectivity index (χ3n) is 5.65. The Labute approximate surface area is 201 Å². The molecule has 0 aliphatic carbocycles. The lowest BCUT2D eigenvalue weighted by molar-refractivity contribution is -0.137. The van der Waals surface area contributed by atoms with Gasteiger partial charge in [0.1, 0.15) is 5.92 Å². The largest absolute Gasteiger partial charge is 0.416 e. The zero-order chi connectivity index (χ0) is 24.6. The molecule has 2 atom stereocenters. The molecule has 4 rings (SSSR count). The highest BCUT2D eigenvalue weighted by atomic mass is 79.9. The average Bonchev–Trinajstić information content (AvgIpc) is 3.31. The molecule has 34 heavy (non-hydrogen) atoms. The molecule has 0 N–H and O–H groups in total. The van der Waals surface area contributed by atoms with Gasteiger partial charge >= 0.3 is 12.2 Å². The van der Waals surface area contributed by atoms with E-state index < -0.39 is 35.6 Å². The van der Waals surface area contributed by atoms with E-state index in [2.05, 4.69) is 21.0 Å². The van der Waals surface area contributed by atoms with Gasteiger partial charge in [-0.15, -0.1) is 0 Å². The summed E-state index contributed by atoms with van der Waals surface area (Å²) in [6.45, 7) is 0. The van der Waals surface area contributed by atoms with E-state index in [4.69, 9.17) is 5.26 Å². The lowest BCUT2D eigenvalue weighted by Crippen LogP contribution is -2.60. The Bertz CT molecular complexity index is 1280. The van der Waals surface area contributed by atoms with Crippen molar-refractivity contribution in [3.63, 3.8) is 0 Å². The molecule has 0 bridgehead atoms. The van der Waals surface area contributed by atoms with Crippen molar-refractivity contribution in [2.24, 2.45) is 0 Å². The minimum Gasteiger partial charge on any atom is -0.289 e. The van der Waals surface area contributed by atoms with Gasteiger partial charge in [-0.2, -0.15) is 23.5 Å². The normalized spacial score (nSPS) is 18.8. The molecule has 0 saturated carbocycles. The molecule has 2 unspecified atom stereocenters. The van der Waals surface area contributed by atoms with Gasteiger partial charge in [0.25, 0.3) is 0 Å². The van der Waals surface area contributed by atoms with E-state index in [1.54, 1.807) is 30.3 Å². The molecule has 1 saturated heterocycles.